The van der Waals surface area contributed by atoms with Crippen molar-refractivity contribution in [2.45, 2.75) is 13.3 Å². The van der Waals surface area contributed by atoms with Gasteiger partial charge in [-0.15, -0.1) is 0 Å². The average Bonchev–Trinajstić information content (AvgIpc) is 2.76. The highest BCUT2D eigenvalue weighted by Gasteiger charge is 2.11. The Kier molecular flexibility index (Phi) is 4.67. The summed E-state index contributed by atoms with van der Waals surface area (Å²) in [6.45, 7) is 1.77. The van der Waals surface area contributed by atoms with Crippen molar-refractivity contribution >= 4 is 26.6 Å². The van der Waals surface area contributed by atoms with Crippen LogP contribution in [0.15, 0.2) is 30.5 Å². The lowest BCUT2D eigenvalue weighted by Gasteiger charge is -2.04. The SMILES string of the molecule is CCS(=O)(=O)CCNC(=O)Cc1cn(C)c2ccccc12. The molecule has 2 aromatic rings. The van der Waals surface area contributed by atoms with Crippen LogP contribution >= 0.6 is 0 Å². The third-order valence-electron chi connectivity index (χ3n) is 3.51. The Hall–Kier alpha value is -1.82. The first-order valence-electron chi connectivity index (χ1n) is 6.93. The molecular weight excluding hydrogens is 288 g/mol. The zero-order valence-corrected chi connectivity index (χ0v) is 13.1. The summed E-state index contributed by atoms with van der Waals surface area (Å²) in [4.78, 5) is 11.9. The Balaban J connectivity index is 1.99. The third-order valence-corrected chi connectivity index (χ3v) is 5.21. The number of aryl methyl sites for hydroxylation is 1. The maximum atomic E-state index is 11.9. The van der Waals surface area contributed by atoms with Crippen LogP contribution in [0.3, 0.4) is 0 Å². The van der Waals surface area contributed by atoms with E-state index >= 15 is 0 Å². The second-order valence-electron chi connectivity index (χ2n) is 5.05. The summed E-state index contributed by atoms with van der Waals surface area (Å²) in [5.41, 5.74) is 2.03. The van der Waals surface area contributed by atoms with Crippen LogP contribution < -0.4 is 5.32 Å². The molecule has 0 aliphatic rings. The summed E-state index contributed by atoms with van der Waals surface area (Å²) in [7, 11) is -1.10. The number of rotatable bonds is 6. The summed E-state index contributed by atoms with van der Waals surface area (Å²) in [5, 5.41) is 3.72. The van der Waals surface area contributed by atoms with Gasteiger partial charge in [0.1, 0.15) is 0 Å². The molecule has 0 atom stereocenters. The molecule has 1 N–H and O–H groups in total. The summed E-state index contributed by atoms with van der Waals surface area (Å²) >= 11 is 0. The van der Waals surface area contributed by atoms with E-state index in [4.69, 9.17) is 0 Å². The normalized spacial score (nSPS) is 11.7. The molecule has 1 aromatic heterocycles. The van der Waals surface area contributed by atoms with Gasteiger partial charge in [-0.05, 0) is 11.6 Å². The maximum absolute atomic E-state index is 11.9. The Morgan fingerprint density at radius 2 is 2.00 bits per heavy atom. The minimum atomic E-state index is -3.04. The second kappa shape index (κ2) is 6.30. The van der Waals surface area contributed by atoms with Gasteiger partial charge in [-0.2, -0.15) is 0 Å². The fraction of sp³-hybridized carbons (Fsp3) is 0.400. The number of fused-ring (bicyclic) bond motifs is 1. The summed E-state index contributed by atoms with van der Waals surface area (Å²) in [5.74, 6) is -0.0607. The van der Waals surface area contributed by atoms with Crippen molar-refractivity contribution in [2.75, 3.05) is 18.1 Å². The molecule has 1 amide bonds. The van der Waals surface area contributed by atoms with E-state index in [1.807, 2.05) is 42.1 Å². The molecule has 21 heavy (non-hydrogen) atoms. The predicted molar refractivity (Wildman–Crippen MR) is 84.0 cm³/mol. The van der Waals surface area contributed by atoms with Crippen molar-refractivity contribution in [3.63, 3.8) is 0 Å². The molecule has 5 nitrogen and oxygen atoms in total. The molecule has 0 spiro atoms. The Morgan fingerprint density at radius 1 is 1.29 bits per heavy atom. The van der Waals surface area contributed by atoms with E-state index in [1.165, 1.54) is 0 Å². The number of nitrogens with one attached hydrogen (secondary N) is 1. The number of nitrogens with zero attached hydrogens (tertiary/aromatic N) is 1. The van der Waals surface area contributed by atoms with E-state index < -0.39 is 9.84 Å². The number of benzene rings is 1. The number of para-hydroxylation sites is 1. The quantitative estimate of drug-likeness (QED) is 0.874. The van der Waals surface area contributed by atoms with Crippen molar-refractivity contribution in [1.29, 1.82) is 0 Å². The van der Waals surface area contributed by atoms with E-state index in [1.54, 1.807) is 6.92 Å². The number of carbonyl (C=O) groups is 1. The highest BCUT2D eigenvalue weighted by atomic mass is 32.2. The molecule has 0 bridgehead atoms. The van der Waals surface area contributed by atoms with Crippen molar-refractivity contribution in [3.8, 4) is 0 Å². The molecule has 114 valence electrons. The number of carbonyl (C=O) groups excluding carboxylic acids is 1. The van der Waals surface area contributed by atoms with Crippen LogP contribution in [0.4, 0.5) is 0 Å². The average molecular weight is 308 g/mol. The van der Waals surface area contributed by atoms with E-state index in [0.717, 1.165) is 16.5 Å². The van der Waals surface area contributed by atoms with Gasteiger partial charge in [0.25, 0.3) is 0 Å². The number of hydrogen-bond donors (Lipinski definition) is 1. The van der Waals surface area contributed by atoms with Gasteiger partial charge in [0.2, 0.25) is 5.91 Å². The van der Waals surface area contributed by atoms with Gasteiger partial charge >= 0.3 is 0 Å². The first-order valence-corrected chi connectivity index (χ1v) is 8.75. The Labute approximate surface area is 124 Å². The highest BCUT2D eigenvalue weighted by Crippen LogP contribution is 2.20. The standard InChI is InChI=1S/C15H20N2O3S/c1-3-21(19,20)9-8-16-15(18)10-12-11-17(2)14-7-5-4-6-13(12)14/h4-7,11H,3,8-10H2,1-2H3,(H,16,18). The first kappa shape index (κ1) is 15.6. The molecule has 0 aliphatic heterocycles. The number of amides is 1. The van der Waals surface area contributed by atoms with Crippen LogP contribution in [-0.4, -0.2) is 36.9 Å². The van der Waals surface area contributed by atoms with Crippen LogP contribution in [0.25, 0.3) is 10.9 Å². The molecule has 1 aromatic carbocycles. The molecule has 0 aliphatic carbocycles. The van der Waals surface area contributed by atoms with Crippen LogP contribution in [0, 0.1) is 0 Å². The molecule has 6 heteroatoms. The molecular formula is C15H20N2O3S. The van der Waals surface area contributed by atoms with Crippen LogP contribution in [-0.2, 0) is 28.1 Å². The van der Waals surface area contributed by atoms with E-state index in [9.17, 15) is 13.2 Å². The Bertz CT molecular complexity index is 747. The second-order valence-corrected chi connectivity index (χ2v) is 7.52. The topological polar surface area (TPSA) is 68.2 Å². The maximum Gasteiger partial charge on any atom is 0.224 e. The van der Waals surface area contributed by atoms with Crippen molar-refractivity contribution in [3.05, 3.63) is 36.0 Å². The monoisotopic (exact) mass is 308 g/mol. The lowest BCUT2D eigenvalue weighted by Crippen LogP contribution is -2.30. The minimum absolute atomic E-state index is 0.00915. The van der Waals surface area contributed by atoms with Gasteiger partial charge in [0.15, 0.2) is 9.84 Å². The van der Waals surface area contributed by atoms with Gasteiger partial charge < -0.3 is 9.88 Å². The number of sulfone groups is 1. The van der Waals surface area contributed by atoms with Crippen LogP contribution in [0.1, 0.15) is 12.5 Å². The van der Waals surface area contributed by atoms with Gasteiger partial charge in [0.05, 0.1) is 12.2 Å². The fourth-order valence-corrected chi connectivity index (χ4v) is 2.99. The molecule has 2 rings (SSSR count). The van der Waals surface area contributed by atoms with Crippen molar-refractivity contribution in [2.24, 2.45) is 7.05 Å². The zero-order valence-electron chi connectivity index (χ0n) is 12.3. The highest BCUT2D eigenvalue weighted by molar-refractivity contribution is 7.91. The van der Waals surface area contributed by atoms with Gasteiger partial charge in [-0.25, -0.2) is 8.42 Å². The molecule has 0 saturated carbocycles. The zero-order chi connectivity index (χ0) is 15.5. The minimum Gasteiger partial charge on any atom is -0.355 e. The van der Waals surface area contributed by atoms with Gasteiger partial charge in [-0.1, -0.05) is 25.1 Å². The van der Waals surface area contributed by atoms with E-state index in [-0.39, 0.29) is 30.4 Å². The lowest BCUT2D eigenvalue weighted by molar-refractivity contribution is -0.120. The molecule has 0 fully saturated rings. The Morgan fingerprint density at radius 3 is 2.71 bits per heavy atom. The largest absolute Gasteiger partial charge is 0.355 e. The van der Waals surface area contributed by atoms with Gasteiger partial charge in [0, 0.05) is 36.4 Å². The fourth-order valence-electron chi connectivity index (χ4n) is 2.29. The van der Waals surface area contributed by atoms with Crippen LogP contribution in [0.5, 0.6) is 0 Å². The predicted octanol–water partition coefficient (Wildman–Crippen LogP) is 1.27. The van der Waals surface area contributed by atoms with Gasteiger partial charge in [-0.3, -0.25) is 4.79 Å². The summed E-state index contributed by atoms with van der Waals surface area (Å²) in [6, 6.07) is 7.89. The lowest BCUT2D eigenvalue weighted by atomic mass is 10.1. The summed E-state index contributed by atoms with van der Waals surface area (Å²) in [6.07, 6.45) is 2.19. The molecule has 0 radical (unpaired) electrons. The number of aromatic nitrogens is 1. The molecule has 1 heterocycles. The summed E-state index contributed by atoms with van der Waals surface area (Å²) < 4.78 is 24.7. The first-order chi connectivity index (χ1) is 9.93. The molecule has 0 saturated heterocycles. The smallest absolute Gasteiger partial charge is 0.224 e. The third kappa shape index (κ3) is 3.85. The molecule has 0 unspecified atom stereocenters. The van der Waals surface area contributed by atoms with Crippen molar-refractivity contribution in [1.82, 2.24) is 9.88 Å². The van der Waals surface area contributed by atoms with E-state index in [2.05, 4.69) is 5.32 Å². The van der Waals surface area contributed by atoms with Crippen molar-refractivity contribution < 1.29 is 13.2 Å². The number of hydrogen-bond acceptors (Lipinski definition) is 3. The van der Waals surface area contributed by atoms with Crippen LogP contribution in [0.2, 0.25) is 0 Å². The van der Waals surface area contributed by atoms with E-state index in [0.29, 0.717) is 0 Å².